The number of hydrogen-bond acceptors (Lipinski definition) is 2. The third-order valence-corrected chi connectivity index (χ3v) is 3.44. The zero-order chi connectivity index (χ0) is 15.3. The average Bonchev–Trinajstić information content (AvgIpc) is 2.33. The molecule has 20 heavy (non-hydrogen) atoms. The molecule has 114 valence electrons. The van der Waals surface area contributed by atoms with Crippen molar-refractivity contribution in [2.45, 2.75) is 59.9 Å². The Morgan fingerprint density at radius 1 is 1.15 bits per heavy atom. The third-order valence-electron chi connectivity index (χ3n) is 3.44. The summed E-state index contributed by atoms with van der Waals surface area (Å²) in [5, 5.41) is 3.45. The van der Waals surface area contributed by atoms with Crippen LogP contribution in [0.3, 0.4) is 0 Å². The number of hydrogen-bond donors (Lipinski definition) is 1. The van der Waals surface area contributed by atoms with E-state index in [1.807, 2.05) is 0 Å². The fourth-order valence-electron chi connectivity index (χ4n) is 2.01. The molecule has 1 aromatic carbocycles. The molecular weight excluding hydrogens is 246 g/mol. The zero-order valence-corrected chi connectivity index (χ0v) is 14.2. The van der Waals surface area contributed by atoms with E-state index in [1.165, 1.54) is 11.1 Å². The number of ether oxygens (including phenoxy) is 1. The predicted octanol–water partition coefficient (Wildman–Crippen LogP) is 4.31. The quantitative estimate of drug-likeness (QED) is 0.837. The van der Waals surface area contributed by atoms with Gasteiger partial charge in [0, 0.05) is 18.5 Å². The highest BCUT2D eigenvalue weighted by Crippen LogP contribution is 2.27. The van der Waals surface area contributed by atoms with Gasteiger partial charge in [0.2, 0.25) is 0 Å². The van der Waals surface area contributed by atoms with Gasteiger partial charge in [0.25, 0.3) is 0 Å². The topological polar surface area (TPSA) is 21.3 Å². The van der Waals surface area contributed by atoms with E-state index in [-0.39, 0.29) is 5.41 Å². The first-order valence-electron chi connectivity index (χ1n) is 7.67. The van der Waals surface area contributed by atoms with Crippen LogP contribution in [0.2, 0.25) is 0 Å². The summed E-state index contributed by atoms with van der Waals surface area (Å²) in [5.74, 6) is 1.52. The smallest absolute Gasteiger partial charge is 0.122 e. The highest BCUT2D eigenvalue weighted by molar-refractivity contribution is 5.38. The summed E-state index contributed by atoms with van der Waals surface area (Å²) in [5.41, 5.74) is 2.77. The number of nitrogens with one attached hydrogen (secondary N) is 1. The van der Waals surface area contributed by atoms with Gasteiger partial charge in [-0.25, -0.2) is 0 Å². The molecule has 0 amide bonds. The van der Waals surface area contributed by atoms with Gasteiger partial charge in [-0.2, -0.15) is 0 Å². The lowest BCUT2D eigenvalue weighted by Gasteiger charge is -2.21. The predicted molar refractivity (Wildman–Crippen MR) is 87.7 cm³/mol. The Hall–Kier alpha value is -1.02. The van der Waals surface area contributed by atoms with Crippen molar-refractivity contribution in [3.05, 3.63) is 29.3 Å². The lowest BCUT2D eigenvalue weighted by atomic mass is 9.86. The van der Waals surface area contributed by atoms with Crippen molar-refractivity contribution in [2.24, 2.45) is 5.92 Å². The van der Waals surface area contributed by atoms with Crippen LogP contribution >= 0.6 is 0 Å². The first kappa shape index (κ1) is 17.0. The summed E-state index contributed by atoms with van der Waals surface area (Å²) in [6.45, 7) is 17.2. The maximum Gasteiger partial charge on any atom is 0.122 e. The van der Waals surface area contributed by atoms with Crippen LogP contribution in [0.25, 0.3) is 0 Å². The molecule has 1 aromatic rings. The van der Waals surface area contributed by atoms with E-state index < -0.39 is 0 Å². The minimum absolute atomic E-state index is 0.192. The third kappa shape index (κ3) is 5.54. The van der Waals surface area contributed by atoms with Gasteiger partial charge in [0.15, 0.2) is 0 Å². The van der Waals surface area contributed by atoms with Crippen molar-refractivity contribution < 1.29 is 4.74 Å². The van der Waals surface area contributed by atoms with Crippen molar-refractivity contribution in [1.82, 2.24) is 5.32 Å². The Morgan fingerprint density at radius 2 is 1.80 bits per heavy atom. The van der Waals surface area contributed by atoms with Crippen LogP contribution in [-0.4, -0.2) is 19.2 Å². The average molecular weight is 277 g/mol. The minimum atomic E-state index is 0.192. The van der Waals surface area contributed by atoms with Gasteiger partial charge >= 0.3 is 0 Å². The molecule has 0 saturated heterocycles. The Bertz CT molecular complexity index is 418. The second-order valence-corrected chi connectivity index (χ2v) is 7.21. The Kier molecular flexibility index (Phi) is 6.07. The van der Waals surface area contributed by atoms with E-state index in [4.69, 9.17) is 4.74 Å². The van der Waals surface area contributed by atoms with E-state index in [1.54, 1.807) is 0 Å². The van der Waals surface area contributed by atoms with Crippen LogP contribution < -0.4 is 10.1 Å². The van der Waals surface area contributed by atoms with Crippen molar-refractivity contribution in [1.29, 1.82) is 0 Å². The summed E-state index contributed by atoms with van der Waals surface area (Å²) in [4.78, 5) is 0. The monoisotopic (exact) mass is 277 g/mol. The lowest BCUT2D eigenvalue weighted by Crippen LogP contribution is -2.30. The van der Waals surface area contributed by atoms with E-state index in [0.717, 1.165) is 18.9 Å². The highest BCUT2D eigenvalue weighted by atomic mass is 16.5. The summed E-state index contributed by atoms with van der Waals surface area (Å²) in [6, 6.07) is 7.06. The molecule has 2 heteroatoms. The standard InChI is InChI=1S/C18H31NO/c1-13(2)19-11-14(3)12-20-17-9-8-16(10-15(17)4)18(5,6)7/h8-10,13-14,19H,11-12H2,1-7H3. The van der Waals surface area contributed by atoms with Crippen LogP contribution in [0.4, 0.5) is 0 Å². The number of benzene rings is 1. The SMILES string of the molecule is Cc1cc(C(C)(C)C)ccc1OCC(C)CNC(C)C. The molecule has 0 radical (unpaired) electrons. The van der Waals surface area contributed by atoms with Crippen LogP contribution in [0.15, 0.2) is 18.2 Å². The normalized spacial score (nSPS) is 13.6. The Labute approximate surface area is 124 Å². The number of aryl methyl sites for hydroxylation is 1. The summed E-state index contributed by atoms with van der Waals surface area (Å²) in [6.07, 6.45) is 0. The van der Waals surface area contributed by atoms with Gasteiger partial charge in [-0.3, -0.25) is 0 Å². The fourth-order valence-corrected chi connectivity index (χ4v) is 2.01. The molecule has 1 atom stereocenters. The van der Waals surface area contributed by atoms with Crippen molar-refractivity contribution in [3.63, 3.8) is 0 Å². The second kappa shape index (κ2) is 7.12. The summed E-state index contributed by atoms with van der Waals surface area (Å²) in [7, 11) is 0. The molecule has 0 aliphatic rings. The molecular formula is C18H31NO. The molecule has 0 saturated carbocycles. The molecule has 0 aliphatic carbocycles. The molecule has 1 rings (SSSR count). The summed E-state index contributed by atoms with van der Waals surface area (Å²) < 4.78 is 5.96. The van der Waals surface area contributed by atoms with Crippen molar-refractivity contribution in [3.8, 4) is 5.75 Å². The first-order chi connectivity index (χ1) is 9.20. The van der Waals surface area contributed by atoms with Gasteiger partial charge in [0.1, 0.15) is 5.75 Å². The molecule has 0 aliphatic heterocycles. The van der Waals surface area contributed by atoms with Gasteiger partial charge in [-0.05, 0) is 29.5 Å². The van der Waals surface area contributed by atoms with Crippen LogP contribution in [0.1, 0.15) is 52.7 Å². The van der Waals surface area contributed by atoms with E-state index in [2.05, 4.69) is 72.0 Å². The zero-order valence-electron chi connectivity index (χ0n) is 14.2. The maximum atomic E-state index is 5.96. The first-order valence-corrected chi connectivity index (χ1v) is 7.67. The molecule has 1 unspecified atom stereocenters. The Balaban J connectivity index is 2.57. The van der Waals surface area contributed by atoms with Gasteiger partial charge < -0.3 is 10.1 Å². The molecule has 0 bridgehead atoms. The molecule has 0 heterocycles. The molecule has 0 fully saturated rings. The van der Waals surface area contributed by atoms with Crippen molar-refractivity contribution >= 4 is 0 Å². The summed E-state index contributed by atoms with van der Waals surface area (Å²) >= 11 is 0. The van der Waals surface area contributed by atoms with Crippen LogP contribution in [-0.2, 0) is 5.41 Å². The second-order valence-electron chi connectivity index (χ2n) is 7.21. The molecule has 0 aromatic heterocycles. The van der Waals surface area contributed by atoms with Gasteiger partial charge in [-0.15, -0.1) is 0 Å². The van der Waals surface area contributed by atoms with E-state index in [0.29, 0.717) is 12.0 Å². The highest BCUT2D eigenvalue weighted by Gasteiger charge is 2.15. The van der Waals surface area contributed by atoms with Crippen molar-refractivity contribution in [2.75, 3.05) is 13.2 Å². The number of rotatable bonds is 6. The van der Waals surface area contributed by atoms with Crippen LogP contribution in [0, 0.1) is 12.8 Å². The molecule has 1 N–H and O–H groups in total. The molecule has 0 spiro atoms. The van der Waals surface area contributed by atoms with Gasteiger partial charge in [-0.1, -0.05) is 53.7 Å². The lowest BCUT2D eigenvalue weighted by molar-refractivity contribution is 0.251. The van der Waals surface area contributed by atoms with Crippen LogP contribution in [0.5, 0.6) is 5.75 Å². The van der Waals surface area contributed by atoms with E-state index >= 15 is 0 Å². The fraction of sp³-hybridized carbons (Fsp3) is 0.667. The van der Waals surface area contributed by atoms with E-state index in [9.17, 15) is 0 Å². The Morgan fingerprint density at radius 3 is 2.30 bits per heavy atom. The molecule has 2 nitrogen and oxygen atoms in total. The minimum Gasteiger partial charge on any atom is -0.493 e. The maximum absolute atomic E-state index is 5.96. The van der Waals surface area contributed by atoms with Gasteiger partial charge in [0.05, 0.1) is 6.61 Å². The largest absolute Gasteiger partial charge is 0.493 e.